The molecule has 4 aromatic heterocycles. The molecule has 6 heterocycles. The van der Waals surface area contributed by atoms with E-state index in [1.807, 2.05) is 15.8 Å². The van der Waals surface area contributed by atoms with Gasteiger partial charge in [-0.15, -0.1) is 11.3 Å². The van der Waals surface area contributed by atoms with E-state index in [0.717, 1.165) is 85.8 Å². The van der Waals surface area contributed by atoms with Gasteiger partial charge in [0.15, 0.2) is 22.9 Å². The Morgan fingerprint density at radius 2 is 1.98 bits per heavy atom. The lowest BCUT2D eigenvalue weighted by molar-refractivity contribution is -0.0692. The lowest BCUT2D eigenvalue weighted by Gasteiger charge is -2.41. The van der Waals surface area contributed by atoms with E-state index in [9.17, 15) is 15.5 Å². The third kappa shape index (κ3) is 4.33. The average molecular weight is 644 g/mol. The van der Waals surface area contributed by atoms with Crippen molar-refractivity contribution in [3.05, 3.63) is 33.5 Å². The van der Waals surface area contributed by atoms with Crippen LogP contribution in [0.25, 0.3) is 22.6 Å². The van der Waals surface area contributed by atoms with Gasteiger partial charge in [0.25, 0.3) is 0 Å². The maximum absolute atomic E-state index is 11.1. The van der Waals surface area contributed by atoms with Crippen molar-refractivity contribution < 1.29 is 14.7 Å². The number of rotatable bonds is 4. The number of thiophene rings is 1. The molecule has 8 rings (SSSR count). The van der Waals surface area contributed by atoms with Gasteiger partial charge in [-0.05, 0) is 90.8 Å². The predicted molar refractivity (Wildman–Crippen MR) is 175 cm³/mol. The molecule has 0 radical (unpaired) electrons. The molecule has 4 aromatic rings. The number of nitrogens with two attached hydrogens (primary N) is 1. The summed E-state index contributed by atoms with van der Waals surface area (Å²) < 4.78 is 8.32. The van der Waals surface area contributed by atoms with E-state index in [-0.39, 0.29) is 12.6 Å². The van der Waals surface area contributed by atoms with E-state index in [1.165, 1.54) is 16.2 Å². The fourth-order valence-corrected chi connectivity index (χ4v) is 9.98. The van der Waals surface area contributed by atoms with Gasteiger partial charge in [0, 0.05) is 23.0 Å². The molecule has 2 fully saturated rings. The van der Waals surface area contributed by atoms with Crippen molar-refractivity contribution >= 4 is 33.2 Å². The topological polar surface area (TPSA) is 166 Å². The number of nitrogens with zero attached hydrogens (tertiary/aromatic N) is 8. The number of hydrogen-bond acceptors (Lipinski definition) is 12. The van der Waals surface area contributed by atoms with Crippen LogP contribution in [-0.2, 0) is 18.3 Å². The van der Waals surface area contributed by atoms with E-state index in [4.69, 9.17) is 25.3 Å². The number of nitrogen functional groups attached to an aromatic ring is 1. The van der Waals surface area contributed by atoms with E-state index in [2.05, 4.69) is 30.1 Å². The summed E-state index contributed by atoms with van der Waals surface area (Å²) in [6, 6.07) is 2.82. The Kier molecular flexibility index (Phi) is 6.96. The first-order valence-corrected chi connectivity index (χ1v) is 17.4. The molecule has 2 aliphatic heterocycles. The van der Waals surface area contributed by atoms with E-state index >= 15 is 0 Å². The number of aryl methyl sites for hydroxylation is 1. The smallest absolute Gasteiger partial charge is 0.186 e. The van der Waals surface area contributed by atoms with Crippen LogP contribution in [0.1, 0.15) is 92.2 Å². The number of fused-ring (bicyclic) bond motifs is 5. The molecular formula is C33H41N9O3S. The number of β-amino-alcohol motifs (C(OH)–C–C–N with tert-alkyl or cyclic N) is 1. The van der Waals surface area contributed by atoms with Crippen molar-refractivity contribution in [1.82, 2.24) is 29.8 Å². The van der Waals surface area contributed by atoms with Gasteiger partial charge in [-0.2, -0.15) is 10.4 Å². The van der Waals surface area contributed by atoms with Gasteiger partial charge < -0.3 is 30.3 Å². The van der Waals surface area contributed by atoms with Crippen molar-refractivity contribution in [2.24, 2.45) is 0 Å². The van der Waals surface area contributed by atoms with Crippen LogP contribution >= 0.6 is 11.3 Å². The number of anilines is 2. The second-order valence-corrected chi connectivity index (χ2v) is 15.2. The number of aromatic nitrogens is 5. The molecule has 0 bridgehead atoms. The van der Waals surface area contributed by atoms with Gasteiger partial charge in [-0.3, -0.25) is 0 Å². The van der Waals surface area contributed by atoms with Gasteiger partial charge in [0.2, 0.25) is 0 Å². The number of hydrogen-bond donors (Lipinski definition) is 3. The standard InChI is InChI=1S/C33H41N9O3S/c1-18(22-8-6-13-40(22)3)42-31-21(16-36-42)30(41-14-10-24(43)32(2,44)17-41)37-29(38-31)26-19-7-4-11-33(27(19)45-39-26)12-5-9-23-25(33)20(15-34)28(35)46-23/h16,18,22,24,43-44H,4-14,17,35H2,1-3H3/t18-,22-,24-,32-,33-/m0/s1. The first-order valence-electron chi connectivity index (χ1n) is 16.5. The second kappa shape index (κ2) is 10.7. The fourth-order valence-electron chi connectivity index (χ4n) is 8.82. The Labute approximate surface area is 271 Å². The molecule has 2 aliphatic carbocycles. The quantitative estimate of drug-likeness (QED) is 0.295. The highest BCUT2D eigenvalue weighted by atomic mass is 32.1. The number of likely N-dealkylation sites (tertiary alicyclic amines) is 1. The molecule has 2 saturated heterocycles. The summed E-state index contributed by atoms with van der Waals surface area (Å²) in [7, 11) is 2.17. The molecule has 46 heavy (non-hydrogen) atoms. The normalized spacial score (nSPS) is 28.8. The molecule has 0 unspecified atom stereocenters. The van der Waals surface area contributed by atoms with E-state index in [1.54, 1.807) is 6.92 Å². The average Bonchev–Trinajstić information content (AvgIpc) is 3.83. The van der Waals surface area contributed by atoms with E-state index in [0.29, 0.717) is 46.9 Å². The summed E-state index contributed by atoms with van der Waals surface area (Å²) >= 11 is 1.53. The first kappa shape index (κ1) is 29.8. The second-order valence-electron chi connectivity index (χ2n) is 14.1. The lowest BCUT2D eigenvalue weighted by atomic mass is 9.63. The Bertz CT molecular complexity index is 1870. The van der Waals surface area contributed by atoms with Crippen LogP contribution in [0.2, 0.25) is 0 Å². The fraction of sp³-hybridized carbons (Fsp3) is 0.606. The van der Waals surface area contributed by atoms with Crippen LogP contribution in [0.3, 0.4) is 0 Å². The van der Waals surface area contributed by atoms with Crippen LogP contribution in [0.4, 0.5) is 10.8 Å². The minimum atomic E-state index is -1.29. The van der Waals surface area contributed by atoms with Crippen LogP contribution < -0.4 is 10.6 Å². The molecule has 13 heteroatoms. The van der Waals surface area contributed by atoms with Gasteiger partial charge in [0.1, 0.15) is 22.5 Å². The highest BCUT2D eigenvalue weighted by Crippen LogP contribution is 2.55. The maximum Gasteiger partial charge on any atom is 0.186 e. The van der Waals surface area contributed by atoms with Gasteiger partial charge in [-0.25, -0.2) is 14.6 Å². The summed E-state index contributed by atoms with van der Waals surface area (Å²) in [6.07, 6.45) is 9.04. The van der Waals surface area contributed by atoms with Crippen molar-refractivity contribution in [2.75, 3.05) is 37.3 Å². The summed E-state index contributed by atoms with van der Waals surface area (Å²) in [6.45, 7) is 5.69. The summed E-state index contributed by atoms with van der Waals surface area (Å²) in [5.41, 5.74) is 8.59. The third-order valence-electron chi connectivity index (χ3n) is 11.2. The third-order valence-corrected chi connectivity index (χ3v) is 12.3. The van der Waals surface area contributed by atoms with Crippen molar-refractivity contribution in [3.63, 3.8) is 0 Å². The summed E-state index contributed by atoms with van der Waals surface area (Å²) in [5.74, 6) is 1.95. The maximum atomic E-state index is 11.1. The van der Waals surface area contributed by atoms with Crippen molar-refractivity contribution in [2.45, 2.75) is 101 Å². The van der Waals surface area contributed by atoms with Crippen LogP contribution in [0, 0.1) is 11.3 Å². The Morgan fingerprint density at radius 3 is 2.72 bits per heavy atom. The van der Waals surface area contributed by atoms with Crippen LogP contribution in [0.5, 0.6) is 0 Å². The molecule has 0 amide bonds. The molecular weight excluding hydrogens is 602 g/mol. The zero-order valence-corrected chi connectivity index (χ0v) is 27.5. The molecule has 4 N–H and O–H groups in total. The molecule has 0 aromatic carbocycles. The zero-order valence-electron chi connectivity index (χ0n) is 26.7. The van der Waals surface area contributed by atoms with Gasteiger partial charge in [0.05, 0.1) is 41.3 Å². The van der Waals surface area contributed by atoms with Crippen molar-refractivity contribution in [1.29, 1.82) is 5.26 Å². The number of aliphatic hydroxyl groups excluding tert-OH is 1. The van der Waals surface area contributed by atoms with Crippen molar-refractivity contribution in [3.8, 4) is 17.6 Å². The van der Waals surface area contributed by atoms with E-state index < -0.39 is 17.1 Å². The molecule has 5 atom stereocenters. The molecule has 0 saturated carbocycles. The van der Waals surface area contributed by atoms with Crippen LogP contribution in [-0.4, -0.2) is 84.4 Å². The molecule has 1 spiro atoms. The SMILES string of the molecule is C[C@@H]([C@@H]1CCCN1C)n1ncc2c(N3CC[C@H](O)[C@@](C)(O)C3)nc(-c3noc4c3CCC[C@@]43CCCc4sc(N)c(C#N)c43)nc21. The Hall–Kier alpha value is -3.57. The molecule has 4 aliphatic rings. The lowest BCUT2D eigenvalue weighted by Crippen LogP contribution is -2.55. The zero-order chi connectivity index (χ0) is 32.0. The minimum Gasteiger partial charge on any atom is -0.390 e. The largest absolute Gasteiger partial charge is 0.390 e. The number of nitriles is 1. The number of aliphatic hydroxyl groups is 2. The number of piperidine rings is 1. The minimum absolute atomic E-state index is 0.0792. The van der Waals surface area contributed by atoms with Gasteiger partial charge in [-0.1, -0.05) is 5.16 Å². The Morgan fingerprint density at radius 1 is 1.17 bits per heavy atom. The van der Waals surface area contributed by atoms with Gasteiger partial charge >= 0.3 is 0 Å². The summed E-state index contributed by atoms with van der Waals surface area (Å²) in [5, 5.41) is 42.7. The van der Waals surface area contributed by atoms with Crippen LogP contribution in [0.15, 0.2) is 10.7 Å². The molecule has 12 nitrogen and oxygen atoms in total. The monoisotopic (exact) mass is 643 g/mol. The first-order chi connectivity index (χ1) is 22.1. The summed E-state index contributed by atoms with van der Waals surface area (Å²) in [4.78, 5) is 15.9. The highest BCUT2D eigenvalue weighted by molar-refractivity contribution is 7.16. The Balaban J connectivity index is 1.29. The number of likely N-dealkylation sites (N-methyl/N-ethyl adjacent to an activating group) is 1. The molecule has 242 valence electrons. The predicted octanol–water partition coefficient (Wildman–Crippen LogP) is 3.93. The highest BCUT2D eigenvalue weighted by Gasteiger charge is 2.49.